The van der Waals surface area contributed by atoms with Gasteiger partial charge in [0, 0.05) is 0 Å². The van der Waals surface area contributed by atoms with E-state index in [2.05, 4.69) is 4.74 Å². The van der Waals surface area contributed by atoms with Crippen LogP contribution in [-0.4, -0.2) is 34.4 Å². The summed E-state index contributed by atoms with van der Waals surface area (Å²) in [7, 11) is 1.19. The van der Waals surface area contributed by atoms with Crippen molar-refractivity contribution in [3.05, 3.63) is 35.1 Å². The fourth-order valence-electron chi connectivity index (χ4n) is 1.17. The third-order valence-electron chi connectivity index (χ3n) is 1.98. The smallest absolute Gasteiger partial charge is 0.371 e. The molecule has 0 bridgehead atoms. The molecule has 1 aromatic rings. The highest BCUT2D eigenvalue weighted by Gasteiger charge is 2.11. The maximum atomic E-state index is 10.7. The second-order valence-electron chi connectivity index (χ2n) is 3.10. The fraction of sp³-hybridized carbons (Fsp3) is 0.0909. The van der Waals surface area contributed by atoms with E-state index in [4.69, 9.17) is 10.2 Å². The van der Waals surface area contributed by atoms with Crippen LogP contribution < -0.4 is 0 Å². The van der Waals surface area contributed by atoms with Gasteiger partial charge in [-0.2, -0.15) is 0 Å². The van der Waals surface area contributed by atoms with E-state index in [0.717, 1.165) is 12.1 Å². The molecule has 0 aromatic heterocycles. The van der Waals surface area contributed by atoms with Crippen LogP contribution in [0.1, 0.15) is 15.9 Å². The summed E-state index contributed by atoms with van der Waals surface area (Å²) in [6.07, 6.45) is 1.16. The molecule has 0 aliphatic carbocycles. The minimum absolute atomic E-state index is 0.305. The highest BCUT2D eigenvalue weighted by molar-refractivity contribution is 5.93. The Bertz CT molecular complexity index is 489. The van der Waals surface area contributed by atoms with E-state index < -0.39 is 11.9 Å². The van der Waals surface area contributed by atoms with Crippen LogP contribution in [0.4, 0.5) is 0 Å². The normalized spacial score (nSPS) is 11.0. The summed E-state index contributed by atoms with van der Waals surface area (Å²) in [5, 5.41) is 26.7. The number of hydrogen-bond acceptors (Lipinski definition) is 4. The van der Waals surface area contributed by atoms with E-state index in [1.807, 2.05) is 0 Å². The summed E-state index contributed by atoms with van der Waals surface area (Å²) in [4.78, 5) is 21.4. The van der Waals surface area contributed by atoms with Crippen molar-refractivity contribution in [1.82, 2.24) is 0 Å². The van der Waals surface area contributed by atoms with Crippen LogP contribution in [0.3, 0.4) is 0 Å². The molecule has 0 radical (unpaired) electrons. The Balaban J connectivity index is 3.20. The van der Waals surface area contributed by atoms with E-state index in [-0.39, 0.29) is 17.1 Å². The zero-order valence-corrected chi connectivity index (χ0v) is 8.88. The minimum Gasteiger partial charge on any atom is -0.507 e. The van der Waals surface area contributed by atoms with Gasteiger partial charge >= 0.3 is 11.9 Å². The van der Waals surface area contributed by atoms with Gasteiger partial charge in [-0.15, -0.1) is 0 Å². The van der Waals surface area contributed by atoms with Crippen LogP contribution in [0.25, 0.3) is 6.08 Å². The Hall–Kier alpha value is -2.50. The summed E-state index contributed by atoms with van der Waals surface area (Å²) < 4.78 is 4.60. The van der Waals surface area contributed by atoms with Gasteiger partial charge in [0.25, 0.3) is 0 Å². The molecule has 90 valence electrons. The molecule has 1 rings (SSSR count). The highest BCUT2D eigenvalue weighted by Crippen LogP contribution is 2.20. The van der Waals surface area contributed by atoms with E-state index in [9.17, 15) is 14.7 Å². The van der Waals surface area contributed by atoms with Crippen LogP contribution in [-0.2, 0) is 9.53 Å². The Morgan fingerprint density at radius 2 is 1.94 bits per heavy atom. The van der Waals surface area contributed by atoms with Crippen LogP contribution in [0, 0.1) is 0 Å². The van der Waals surface area contributed by atoms with Gasteiger partial charge in [0.1, 0.15) is 11.3 Å². The number of aromatic carboxylic acids is 1. The highest BCUT2D eigenvalue weighted by atomic mass is 16.5. The van der Waals surface area contributed by atoms with Crippen LogP contribution in [0.15, 0.2) is 24.0 Å². The molecule has 0 saturated carbocycles. The Kier molecular flexibility index (Phi) is 3.71. The topological polar surface area (TPSA) is 104 Å². The molecule has 0 fully saturated rings. The lowest BCUT2D eigenvalue weighted by molar-refractivity contribution is -0.135. The Morgan fingerprint density at radius 3 is 2.41 bits per heavy atom. The SMILES string of the molecule is COC(=Cc1ccc(O)c(C(=O)O)c1)C(=O)O. The third-order valence-corrected chi connectivity index (χ3v) is 1.98. The zero-order chi connectivity index (χ0) is 13.0. The summed E-state index contributed by atoms with van der Waals surface area (Å²) in [6.45, 7) is 0. The number of carboxylic acid groups (broad SMARTS) is 2. The molecule has 0 heterocycles. The van der Waals surface area contributed by atoms with E-state index in [1.54, 1.807) is 0 Å². The largest absolute Gasteiger partial charge is 0.507 e. The first-order chi connectivity index (χ1) is 7.95. The number of carboxylic acids is 2. The molecule has 6 heteroatoms. The number of carbonyl (C=O) groups is 2. The number of phenols is 1. The number of benzene rings is 1. The van der Waals surface area contributed by atoms with Crippen molar-refractivity contribution in [1.29, 1.82) is 0 Å². The average Bonchev–Trinajstić information content (AvgIpc) is 2.27. The molecular weight excluding hydrogens is 228 g/mol. The summed E-state index contributed by atoms with van der Waals surface area (Å²) in [5.74, 6) is -3.28. The predicted octanol–water partition coefficient (Wildman–Crippen LogP) is 1.16. The average molecular weight is 238 g/mol. The molecule has 17 heavy (non-hydrogen) atoms. The number of hydrogen-bond donors (Lipinski definition) is 3. The van der Waals surface area contributed by atoms with Gasteiger partial charge in [0.05, 0.1) is 7.11 Å². The molecule has 0 atom stereocenters. The molecule has 0 aliphatic rings. The van der Waals surface area contributed by atoms with Crippen LogP contribution in [0.2, 0.25) is 0 Å². The zero-order valence-electron chi connectivity index (χ0n) is 8.88. The fourth-order valence-corrected chi connectivity index (χ4v) is 1.17. The third kappa shape index (κ3) is 2.97. The molecule has 0 spiro atoms. The van der Waals surface area contributed by atoms with E-state index in [0.29, 0.717) is 5.56 Å². The molecule has 6 nitrogen and oxygen atoms in total. The summed E-state index contributed by atoms with van der Waals surface area (Å²) in [6, 6.07) is 3.70. The monoisotopic (exact) mass is 238 g/mol. The second-order valence-corrected chi connectivity index (χ2v) is 3.10. The maximum Gasteiger partial charge on any atom is 0.371 e. The van der Waals surface area contributed by atoms with Crippen LogP contribution in [0.5, 0.6) is 5.75 Å². The first-order valence-electron chi connectivity index (χ1n) is 4.51. The van der Waals surface area contributed by atoms with Crippen molar-refractivity contribution in [2.45, 2.75) is 0 Å². The lowest BCUT2D eigenvalue weighted by atomic mass is 10.1. The van der Waals surface area contributed by atoms with E-state index >= 15 is 0 Å². The van der Waals surface area contributed by atoms with Gasteiger partial charge in [-0.1, -0.05) is 6.07 Å². The first kappa shape index (κ1) is 12.6. The molecule has 0 aliphatic heterocycles. The quantitative estimate of drug-likeness (QED) is 0.537. The van der Waals surface area contributed by atoms with Crippen molar-refractivity contribution in [3.8, 4) is 5.75 Å². The predicted molar refractivity (Wildman–Crippen MR) is 57.7 cm³/mol. The van der Waals surface area contributed by atoms with Crippen molar-refractivity contribution >= 4 is 18.0 Å². The second kappa shape index (κ2) is 5.02. The summed E-state index contributed by atoms with van der Waals surface area (Å²) >= 11 is 0. The molecule has 0 amide bonds. The molecule has 0 saturated heterocycles. The van der Waals surface area contributed by atoms with Crippen molar-refractivity contribution in [2.24, 2.45) is 0 Å². The molecule has 0 unspecified atom stereocenters. The van der Waals surface area contributed by atoms with Gasteiger partial charge in [0.2, 0.25) is 5.76 Å². The number of aromatic hydroxyl groups is 1. The number of ether oxygens (including phenoxy) is 1. The lowest BCUT2D eigenvalue weighted by Gasteiger charge is -2.03. The molecule has 1 aromatic carbocycles. The Morgan fingerprint density at radius 1 is 1.29 bits per heavy atom. The number of methoxy groups -OCH3 is 1. The van der Waals surface area contributed by atoms with E-state index in [1.165, 1.54) is 19.2 Å². The Labute approximate surface area is 96.4 Å². The number of rotatable bonds is 4. The lowest BCUT2D eigenvalue weighted by Crippen LogP contribution is -2.02. The van der Waals surface area contributed by atoms with Crippen LogP contribution >= 0.6 is 0 Å². The van der Waals surface area contributed by atoms with Gasteiger partial charge in [-0.05, 0) is 23.8 Å². The maximum absolute atomic E-state index is 10.7. The molecular formula is C11H10O6. The van der Waals surface area contributed by atoms with Gasteiger partial charge in [0.15, 0.2) is 0 Å². The summed E-state index contributed by atoms with van der Waals surface area (Å²) in [5.41, 5.74) is -0.000887. The van der Waals surface area contributed by atoms with Gasteiger partial charge in [-0.3, -0.25) is 0 Å². The minimum atomic E-state index is -1.30. The molecule has 3 N–H and O–H groups in total. The van der Waals surface area contributed by atoms with Gasteiger partial charge in [-0.25, -0.2) is 9.59 Å². The number of aliphatic carboxylic acids is 1. The van der Waals surface area contributed by atoms with Crippen molar-refractivity contribution in [3.63, 3.8) is 0 Å². The van der Waals surface area contributed by atoms with Crippen molar-refractivity contribution in [2.75, 3.05) is 7.11 Å². The first-order valence-corrected chi connectivity index (χ1v) is 4.51. The van der Waals surface area contributed by atoms with Gasteiger partial charge < -0.3 is 20.1 Å². The van der Waals surface area contributed by atoms with Crippen molar-refractivity contribution < 1.29 is 29.6 Å². The standard InChI is InChI=1S/C11H10O6/c1-17-9(11(15)16)5-6-2-3-8(12)7(4-6)10(13)14/h2-5,12H,1H3,(H,13,14)(H,15,16).